The lowest BCUT2D eigenvalue weighted by molar-refractivity contribution is -0.153. The van der Waals surface area contributed by atoms with E-state index in [1.165, 1.54) is 5.57 Å². The van der Waals surface area contributed by atoms with Gasteiger partial charge in [-0.2, -0.15) is 0 Å². The van der Waals surface area contributed by atoms with Gasteiger partial charge in [0.1, 0.15) is 0 Å². The van der Waals surface area contributed by atoms with Crippen molar-refractivity contribution < 1.29 is 14.6 Å². The Morgan fingerprint density at radius 2 is 2.05 bits per heavy atom. The van der Waals surface area contributed by atoms with E-state index in [2.05, 4.69) is 20.4 Å². The normalized spacial score (nSPS) is 27.2. The molecule has 1 saturated carbocycles. The van der Waals surface area contributed by atoms with Crippen LogP contribution < -0.4 is 0 Å². The van der Waals surface area contributed by atoms with Gasteiger partial charge in [-0.05, 0) is 51.4 Å². The van der Waals surface area contributed by atoms with Crippen LogP contribution in [-0.2, 0) is 9.53 Å². The van der Waals surface area contributed by atoms with Gasteiger partial charge in [0.2, 0.25) is 0 Å². The summed E-state index contributed by atoms with van der Waals surface area (Å²) in [6, 6.07) is 0. The third-order valence-corrected chi connectivity index (χ3v) is 4.24. The predicted octanol–water partition coefficient (Wildman–Crippen LogP) is 3.32. The summed E-state index contributed by atoms with van der Waals surface area (Å²) < 4.78 is 5.32. The molecule has 2 atom stereocenters. The van der Waals surface area contributed by atoms with Crippen LogP contribution in [0.3, 0.4) is 0 Å². The summed E-state index contributed by atoms with van der Waals surface area (Å²) >= 11 is 0. The first-order chi connectivity index (χ1) is 8.56. The van der Waals surface area contributed by atoms with Gasteiger partial charge >= 0.3 is 5.97 Å². The fourth-order valence-corrected chi connectivity index (χ4v) is 2.69. The maximum absolute atomic E-state index is 11.7. The second-order valence-electron chi connectivity index (χ2n) is 7.26. The first-order valence-electron chi connectivity index (χ1n) is 7.09. The van der Waals surface area contributed by atoms with Crippen molar-refractivity contribution in [3.63, 3.8) is 0 Å². The summed E-state index contributed by atoms with van der Waals surface area (Å²) in [6.45, 7) is 14.2. The van der Waals surface area contributed by atoms with Crippen molar-refractivity contribution >= 4 is 5.97 Å². The molecule has 0 aromatic rings. The van der Waals surface area contributed by atoms with Crippen molar-refractivity contribution in [1.29, 1.82) is 0 Å². The molecule has 1 fully saturated rings. The number of carbonyl (C=O) groups excluding carboxylic acids is 1. The summed E-state index contributed by atoms with van der Waals surface area (Å²) in [5.41, 5.74) is 0.518. The maximum atomic E-state index is 11.7. The van der Waals surface area contributed by atoms with E-state index in [-0.39, 0.29) is 23.4 Å². The lowest BCUT2D eigenvalue weighted by Gasteiger charge is -2.44. The lowest BCUT2D eigenvalue weighted by Crippen LogP contribution is -2.42. The number of rotatable bonds is 3. The summed E-state index contributed by atoms with van der Waals surface area (Å²) in [4.78, 5) is 11.7. The highest BCUT2D eigenvalue weighted by atomic mass is 16.5. The van der Waals surface area contributed by atoms with Gasteiger partial charge in [-0.15, -0.1) is 0 Å². The molecule has 110 valence electrons. The molecule has 1 aliphatic rings. The molecule has 0 unspecified atom stereocenters. The van der Waals surface area contributed by atoms with Crippen LogP contribution >= 0.6 is 0 Å². The van der Waals surface area contributed by atoms with Gasteiger partial charge < -0.3 is 9.84 Å². The largest absolute Gasteiger partial charge is 0.465 e. The van der Waals surface area contributed by atoms with Gasteiger partial charge in [0, 0.05) is 0 Å². The highest BCUT2D eigenvalue weighted by Crippen LogP contribution is 2.44. The number of ether oxygens (including phenoxy) is 1. The van der Waals surface area contributed by atoms with Crippen molar-refractivity contribution in [2.24, 2.45) is 16.7 Å². The minimum atomic E-state index is -0.460. The Morgan fingerprint density at radius 1 is 1.47 bits per heavy atom. The van der Waals surface area contributed by atoms with Crippen LogP contribution in [0.5, 0.6) is 0 Å². The smallest absolute Gasteiger partial charge is 0.311 e. The average molecular weight is 268 g/mol. The number of esters is 1. The van der Waals surface area contributed by atoms with E-state index in [1.807, 2.05) is 20.8 Å². The number of hydrogen-bond donors (Lipinski definition) is 1. The minimum Gasteiger partial charge on any atom is -0.465 e. The molecule has 0 bridgehead atoms. The zero-order valence-electron chi connectivity index (χ0n) is 13.0. The first-order valence-corrected chi connectivity index (χ1v) is 7.09. The molecule has 1 N–H and O–H groups in total. The minimum absolute atomic E-state index is 0.174. The molecule has 0 aliphatic heterocycles. The summed E-state index contributed by atoms with van der Waals surface area (Å²) in [7, 11) is 0. The fourth-order valence-electron chi connectivity index (χ4n) is 2.69. The molecule has 3 heteroatoms. The Balaban J connectivity index is 2.56. The zero-order valence-corrected chi connectivity index (χ0v) is 13.0. The van der Waals surface area contributed by atoms with E-state index in [4.69, 9.17) is 4.74 Å². The lowest BCUT2D eigenvalue weighted by atomic mass is 9.64. The Hall–Kier alpha value is -0.830. The number of carbonyl (C=O) groups is 1. The van der Waals surface area contributed by atoms with Gasteiger partial charge in [0.25, 0.3) is 0 Å². The molecular formula is C16H28O3. The molecular weight excluding hydrogens is 240 g/mol. The van der Waals surface area contributed by atoms with E-state index in [0.717, 1.165) is 19.3 Å². The highest BCUT2D eigenvalue weighted by Gasteiger charge is 2.41. The van der Waals surface area contributed by atoms with Gasteiger partial charge in [-0.25, -0.2) is 0 Å². The van der Waals surface area contributed by atoms with Crippen molar-refractivity contribution in [1.82, 2.24) is 0 Å². The molecule has 0 aromatic carbocycles. The van der Waals surface area contributed by atoms with Crippen LogP contribution in [0, 0.1) is 16.7 Å². The summed E-state index contributed by atoms with van der Waals surface area (Å²) in [5, 5.41) is 10.1. The molecule has 0 saturated heterocycles. The molecule has 0 radical (unpaired) electrons. The van der Waals surface area contributed by atoms with E-state index < -0.39 is 5.41 Å². The second-order valence-corrected chi connectivity index (χ2v) is 7.26. The molecule has 19 heavy (non-hydrogen) atoms. The molecule has 1 rings (SSSR count). The average Bonchev–Trinajstić information content (AvgIpc) is 2.27. The molecule has 1 aliphatic carbocycles. The third kappa shape index (κ3) is 3.82. The van der Waals surface area contributed by atoms with Gasteiger partial charge in [-0.3, -0.25) is 4.79 Å². The SMILES string of the molecule is C=C1CC[C@@H](O)C(C)(C)[C@H]1CCOC(=O)C(C)(C)C. The molecule has 0 amide bonds. The van der Waals surface area contributed by atoms with Crippen LogP contribution in [0.15, 0.2) is 12.2 Å². The summed E-state index contributed by atoms with van der Waals surface area (Å²) in [6.07, 6.45) is 2.08. The molecule has 0 heterocycles. The van der Waals surface area contributed by atoms with Gasteiger partial charge in [0.15, 0.2) is 0 Å². The van der Waals surface area contributed by atoms with E-state index in [1.54, 1.807) is 0 Å². The Labute approximate surface area is 117 Å². The monoisotopic (exact) mass is 268 g/mol. The van der Waals surface area contributed by atoms with Crippen LogP contribution in [0.1, 0.15) is 53.9 Å². The number of aliphatic hydroxyl groups is 1. The van der Waals surface area contributed by atoms with Crippen molar-refractivity contribution in [2.45, 2.75) is 60.0 Å². The Morgan fingerprint density at radius 3 is 2.58 bits per heavy atom. The number of aliphatic hydroxyl groups excluding tert-OH is 1. The molecule has 3 nitrogen and oxygen atoms in total. The van der Waals surface area contributed by atoms with Gasteiger partial charge in [0.05, 0.1) is 18.1 Å². The van der Waals surface area contributed by atoms with Gasteiger partial charge in [-0.1, -0.05) is 26.0 Å². The highest BCUT2D eigenvalue weighted by molar-refractivity contribution is 5.75. The van der Waals surface area contributed by atoms with E-state index in [0.29, 0.717) is 6.61 Å². The maximum Gasteiger partial charge on any atom is 0.311 e. The van der Waals surface area contributed by atoms with Crippen molar-refractivity contribution in [3.8, 4) is 0 Å². The van der Waals surface area contributed by atoms with Crippen LogP contribution in [-0.4, -0.2) is 23.8 Å². The van der Waals surface area contributed by atoms with Crippen molar-refractivity contribution in [2.75, 3.05) is 6.61 Å². The number of hydrogen-bond acceptors (Lipinski definition) is 3. The fraction of sp³-hybridized carbons (Fsp3) is 0.812. The van der Waals surface area contributed by atoms with Crippen molar-refractivity contribution in [3.05, 3.63) is 12.2 Å². The second kappa shape index (κ2) is 5.66. The Bertz CT molecular complexity index is 349. The Kier molecular flexibility index (Phi) is 4.83. The quantitative estimate of drug-likeness (QED) is 0.631. The predicted molar refractivity (Wildman–Crippen MR) is 76.7 cm³/mol. The van der Waals surface area contributed by atoms with E-state index >= 15 is 0 Å². The zero-order chi connectivity index (χ0) is 14.8. The van der Waals surface area contributed by atoms with Crippen LogP contribution in [0.25, 0.3) is 0 Å². The summed E-state index contributed by atoms with van der Waals surface area (Å²) in [5.74, 6) is 0.0382. The first kappa shape index (κ1) is 16.2. The molecule has 0 spiro atoms. The van der Waals surface area contributed by atoms with Crippen LogP contribution in [0.4, 0.5) is 0 Å². The third-order valence-electron chi connectivity index (χ3n) is 4.24. The van der Waals surface area contributed by atoms with Crippen LogP contribution in [0.2, 0.25) is 0 Å². The molecule has 0 aromatic heterocycles. The number of allylic oxidation sites excluding steroid dienone is 1. The standard InChI is InChI=1S/C16H28O3/c1-11-7-8-13(17)16(5,6)12(11)9-10-19-14(18)15(2,3)4/h12-13,17H,1,7-10H2,2-6H3/t12-,13+/m0/s1. The van der Waals surface area contributed by atoms with E-state index in [9.17, 15) is 9.90 Å². The topological polar surface area (TPSA) is 46.5 Å².